The Kier molecular flexibility index (Phi) is 4.51. The zero-order valence-electron chi connectivity index (χ0n) is 10.1. The summed E-state index contributed by atoms with van der Waals surface area (Å²) in [5.74, 6) is 4.84. The Balaban J connectivity index is 3.13. The monoisotopic (exact) mass is 273 g/mol. The van der Waals surface area contributed by atoms with Crippen molar-refractivity contribution >= 4 is 21.6 Å². The fraction of sp³-hybridized carbons (Fsp3) is 0.300. The number of nitrogens with one attached hydrogen (secondary N) is 1. The van der Waals surface area contributed by atoms with Crippen molar-refractivity contribution in [2.75, 3.05) is 24.2 Å². The maximum atomic E-state index is 11.6. The van der Waals surface area contributed by atoms with Crippen molar-refractivity contribution in [3.63, 3.8) is 0 Å². The van der Waals surface area contributed by atoms with Gasteiger partial charge in [-0.3, -0.25) is 14.5 Å². The summed E-state index contributed by atoms with van der Waals surface area (Å²) in [5.41, 5.74) is 2.22. The maximum Gasteiger partial charge on any atom is 0.254 e. The van der Waals surface area contributed by atoms with Crippen molar-refractivity contribution in [3.05, 3.63) is 24.3 Å². The Hall–Kier alpha value is -1.80. The number of rotatable bonds is 5. The van der Waals surface area contributed by atoms with Crippen molar-refractivity contribution in [2.45, 2.75) is 0 Å². The first-order chi connectivity index (χ1) is 8.38. The normalized spacial score (nSPS) is 10.8. The zero-order valence-corrected chi connectivity index (χ0v) is 10.9. The second-order valence-corrected chi connectivity index (χ2v) is 5.45. The van der Waals surface area contributed by atoms with Gasteiger partial charge in [0.25, 0.3) is 5.91 Å². The van der Waals surface area contributed by atoms with Gasteiger partial charge in [0.2, 0.25) is 10.0 Å². The fourth-order valence-electron chi connectivity index (χ4n) is 1.34. The molecule has 3 N–H and O–H groups in total. The van der Waals surface area contributed by atoms with E-state index in [1.165, 1.54) is 13.2 Å². The molecule has 0 saturated carbocycles. The predicted octanol–water partition coefficient (Wildman–Crippen LogP) is -0.549. The average molecular weight is 273 g/mol. The third-order valence-electron chi connectivity index (χ3n) is 2.19. The second kappa shape index (κ2) is 5.69. The van der Waals surface area contributed by atoms with E-state index in [2.05, 4.69) is 0 Å². The van der Waals surface area contributed by atoms with Crippen LogP contribution in [-0.2, 0) is 14.8 Å². The van der Waals surface area contributed by atoms with Gasteiger partial charge in [-0.05, 0) is 12.1 Å². The molecule has 0 radical (unpaired) electrons. The van der Waals surface area contributed by atoms with Gasteiger partial charge in [0.05, 0.1) is 19.1 Å². The first kappa shape index (κ1) is 14.3. The largest absolute Gasteiger partial charge is 0.497 e. The van der Waals surface area contributed by atoms with Crippen LogP contribution in [0.2, 0.25) is 0 Å². The van der Waals surface area contributed by atoms with E-state index < -0.39 is 15.9 Å². The Morgan fingerprint density at radius 2 is 2.17 bits per heavy atom. The van der Waals surface area contributed by atoms with E-state index in [-0.39, 0.29) is 6.54 Å². The molecule has 0 aliphatic carbocycles. The van der Waals surface area contributed by atoms with E-state index in [9.17, 15) is 13.2 Å². The lowest BCUT2D eigenvalue weighted by Crippen LogP contribution is -2.42. The van der Waals surface area contributed by atoms with Crippen molar-refractivity contribution in [3.8, 4) is 5.75 Å². The number of hydrazine groups is 1. The molecular formula is C10H15N3O4S. The number of nitrogens with two attached hydrogens (primary N) is 1. The molecule has 0 spiro atoms. The highest BCUT2D eigenvalue weighted by atomic mass is 32.2. The minimum Gasteiger partial charge on any atom is -0.497 e. The fourth-order valence-corrected chi connectivity index (χ4v) is 2.19. The van der Waals surface area contributed by atoms with Crippen LogP contribution in [0.4, 0.5) is 5.69 Å². The Morgan fingerprint density at radius 3 is 2.67 bits per heavy atom. The van der Waals surface area contributed by atoms with Gasteiger partial charge >= 0.3 is 0 Å². The number of ether oxygens (including phenoxy) is 1. The van der Waals surface area contributed by atoms with Crippen LogP contribution in [0.15, 0.2) is 24.3 Å². The summed E-state index contributed by atoms with van der Waals surface area (Å²) in [6, 6.07) is 6.39. The van der Waals surface area contributed by atoms with Gasteiger partial charge < -0.3 is 4.74 Å². The molecule has 0 aliphatic rings. The minimum absolute atomic E-state index is 0.334. The molecule has 7 nitrogen and oxygen atoms in total. The first-order valence-corrected chi connectivity index (χ1v) is 6.84. The summed E-state index contributed by atoms with van der Waals surface area (Å²) in [4.78, 5) is 11.2. The zero-order chi connectivity index (χ0) is 13.8. The number of methoxy groups -OCH3 is 1. The van der Waals surface area contributed by atoms with Crippen molar-refractivity contribution < 1.29 is 17.9 Å². The van der Waals surface area contributed by atoms with Crippen LogP contribution in [-0.4, -0.2) is 34.2 Å². The topological polar surface area (TPSA) is 102 Å². The SMILES string of the molecule is COc1cccc(N(CC(=O)NN)S(C)(=O)=O)c1. The number of nitrogens with zero attached hydrogens (tertiary/aromatic N) is 1. The molecule has 0 saturated heterocycles. The van der Waals surface area contributed by atoms with E-state index in [0.29, 0.717) is 11.4 Å². The lowest BCUT2D eigenvalue weighted by Gasteiger charge is -2.21. The summed E-state index contributed by atoms with van der Waals surface area (Å²) in [5, 5.41) is 0. The average Bonchev–Trinajstić information content (AvgIpc) is 2.34. The van der Waals surface area contributed by atoms with Gasteiger partial charge in [0.1, 0.15) is 12.3 Å². The van der Waals surface area contributed by atoms with E-state index in [0.717, 1.165) is 10.6 Å². The molecular weight excluding hydrogens is 258 g/mol. The molecule has 100 valence electrons. The molecule has 0 heterocycles. The molecule has 1 amide bonds. The minimum atomic E-state index is -3.59. The molecule has 0 unspecified atom stereocenters. The molecule has 0 aromatic heterocycles. The number of hydrogen-bond acceptors (Lipinski definition) is 5. The molecule has 0 bridgehead atoms. The van der Waals surface area contributed by atoms with E-state index in [1.54, 1.807) is 18.2 Å². The third-order valence-corrected chi connectivity index (χ3v) is 3.33. The van der Waals surface area contributed by atoms with E-state index in [1.807, 2.05) is 5.43 Å². The standard InChI is InChI=1S/C10H15N3O4S/c1-17-9-5-3-4-8(6-9)13(18(2,15)16)7-10(14)12-11/h3-6H,7,11H2,1-2H3,(H,12,14). The van der Waals surface area contributed by atoms with Crippen molar-refractivity contribution in [2.24, 2.45) is 5.84 Å². The third kappa shape index (κ3) is 3.60. The lowest BCUT2D eigenvalue weighted by atomic mass is 10.3. The van der Waals surface area contributed by atoms with Crippen molar-refractivity contribution in [1.29, 1.82) is 0 Å². The Labute approximate surface area is 106 Å². The number of carbonyl (C=O) groups is 1. The quantitative estimate of drug-likeness (QED) is 0.426. The molecule has 0 atom stereocenters. The smallest absolute Gasteiger partial charge is 0.254 e. The predicted molar refractivity (Wildman–Crippen MR) is 67.5 cm³/mol. The number of anilines is 1. The molecule has 8 heteroatoms. The van der Waals surface area contributed by atoms with Crippen molar-refractivity contribution in [1.82, 2.24) is 5.43 Å². The number of carbonyl (C=O) groups excluding carboxylic acids is 1. The number of hydrogen-bond donors (Lipinski definition) is 2. The number of sulfonamides is 1. The molecule has 1 aromatic carbocycles. The van der Waals surface area contributed by atoms with Gasteiger partial charge in [-0.25, -0.2) is 14.3 Å². The van der Waals surface area contributed by atoms with E-state index in [4.69, 9.17) is 10.6 Å². The van der Waals surface area contributed by atoms with Crippen LogP contribution in [0.25, 0.3) is 0 Å². The summed E-state index contributed by atoms with van der Waals surface area (Å²) < 4.78 is 29.2. The highest BCUT2D eigenvalue weighted by molar-refractivity contribution is 7.92. The van der Waals surface area contributed by atoms with Crippen LogP contribution in [0, 0.1) is 0 Å². The van der Waals surface area contributed by atoms with E-state index >= 15 is 0 Å². The highest BCUT2D eigenvalue weighted by Crippen LogP contribution is 2.22. The molecule has 0 fully saturated rings. The van der Waals surface area contributed by atoms with Crippen LogP contribution < -0.4 is 20.3 Å². The molecule has 0 aliphatic heterocycles. The molecule has 18 heavy (non-hydrogen) atoms. The van der Waals surface area contributed by atoms with Gasteiger partial charge in [0.15, 0.2) is 0 Å². The first-order valence-electron chi connectivity index (χ1n) is 4.99. The summed E-state index contributed by atoms with van der Waals surface area (Å²) in [6.45, 7) is -0.386. The molecule has 1 rings (SSSR count). The molecule has 1 aromatic rings. The van der Waals surface area contributed by atoms with Crippen LogP contribution in [0.3, 0.4) is 0 Å². The Bertz CT molecular complexity index is 530. The van der Waals surface area contributed by atoms with Gasteiger partial charge in [0, 0.05) is 6.07 Å². The van der Waals surface area contributed by atoms with Gasteiger partial charge in [-0.2, -0.15) is 0 Å². The summed E-state index contributed by atoms with van der Waals surface area (Å²) >= 11 is 0. The maximum absolute atomic E-state index is 11.6. The second-order valence-electron chi connectivity index (χ2n) is 3.54. The van der Waals surface area contributed by atoms with Crippen LogP contribution in [0.5, 0.6) is 5.75 Å². The number of benzene rings is 1. The van der Waals surface area contributed by atoms with Crippen LogP contribution in [0.1, 0.15) is 0 Å². The number of amides is 1. The Morgan fingerprint density at radius 1 is 1.50 bits per heavy atom. The highest BCUT2D eigenvalue weighted by Gasteiger charge is 2.20. The van der Waals surface area contributed by atoms with Gasteiger partial charge in [-0.15, -0.1) is 0 Å². The lowest BCUT2D eigenvalue weighted by molar-refractivity contribution is -0.119. The summed E-state index contributed by atoms with van der Waals surface area (Å²) in [7, 11) is -2.12. The van der Waals surface area contributed by atoms with Crippen LogP contribution >= 0.6 is 0 Å². The van der Waals surface area contributed by atoms with Gasteiger partial charge in [-0.1, -0.05) is 6.07 Å². The summed E-state index contributed by atoms with van der Waals surface area (Å²) in [6.07, 6.45) is 1.01.